The van der Waals surface area contributed by atoms with Crippen molar-refractivity contribution >= 4 is 53.9 Å². The van der Waals surface area contributed by atoms with E-state index < -0.39 is 0 Å². The highest BCUT2D eigenvalue weighted by atomic mass is 16.5. The Bertz CT molecular complexity index is 3040. The lowest BCUT2D eigenvalue weighted by atomic mass is 9.87. The minimum Gasteiger partial charge on any atom is -0.456 e. The lowest BCUT2D eigenvalue weighted by molar-refractivity contribution is 0.487. The van der Waals surface area contributed by atoms with E-state index in [9.17, 15) is 0 Å². The maximum absolute atomic E-state index is 6.56. The molecule has 0 saturated carbocycles. The third-order valence-electron chi connectivity index (χ3n) is 10.8. The Morgan fingerprint density at radius 1 is 0.275 bits per heavy atom. The molecule has 10 aromatic carbocycles. The van der Waals surface area contributed by atoms with Gasteiger partial charge in [-0.2, -0.15) is 0 Å². The van der Waals surface area contributed by atoms with Gasteiger partial charge in [0.1, 0.15) is 11.5 Å². The van der Waals surface area contributed by atoms with Crippen LogP contribution >= 0.6 is 0 Å². The Morgan fingerprint density at radius 2 is 0.941 bits per heavy atom. The molecule has 0 saturated heterocycles. The number of fused-ring (bicyclic) bond motifs is 7. The second kappa shape index (κ2) is 10.9. The van der Waals surface area contributed by atoms with E-state index in [4.69, 9.17) is 4.74 Å². The van der Waals surface area contributed by atoms with Gasteiger partial charge < -0.3 is 4.74 Å². The minimum absolute atomic E-state index is 0.893. The monoisotopic (exact) mass is 646 g/mol. The zero-order valence-electron chi connectivity index (χ0n) is 27.7. The number of benzene rings is 10. The largest absolute Gasteiger partial charge is 0.456 e. The van der Waals surface area contributed by atoms with Gasteiger partial charge in [-0.25, -0.2) is 0 Å². The molecule has 0 unspecified atom stereocenters. The molecule has 1 heterocycles. The lowest BCUT2D eigenvalue weighted by Gasteiger charge is -2.23. The Labute approximate surface area is 295 Å². The molecule has 0 aromatic heterocycles. The molecular weight excluding hydrogens is 617 g/mol. The minimum atomic E-state index is 0.893. The van der Waals surface area contributed by atoms with Gasteiger partial charge in [-0.05, 0) is 118 Å². The summed E-state index contributed by atoms with van der Waals surface area (Å²) in [6.45, 7) is 0. The van der Waals surface area contributed by atoms with E-state index in [0.29, 0.717) is 0 Å². The van der Waals surface area contributed by atoms with Crippen LogP contribution in [0.1, 0.15) is 0 Å². The molecule has 0 spiro atoms. The molecule has 11 rings (SSSR count). The third-order valence-corrected chi connectivity index (χ3v) is 10.8. The van der Waals surface area contributed by atoms with Crippen molar-refractivity contribution in [2.24, 2.45) is 0 Å². The molecule has 1 heteroatoms. The van der Waals surface area contributed by atoms with Gasteiger partial charge >= 0.3 is 0 Å². The van der Waals surface area contributed by atoms with E-state index in [0.717, 1.165) is 17.1 Å². The van der Waals surface area contributed by atoms with Crippen molar-refractivity contribution < 1.29 is 4.74 Å². The Morgan fingerprint density at radius 3 is 1.86 bits per heavy atom. The van der Waals surface area contributed by atoms with Crippen molar-refractivity contribution in [3.8, 4) is 56.0 Å². The zero-order valence-corrected chi connectivity index (χ0v) is 27.7. The number of hydrogen-bond acceptors (Lipinski definition) is 1. The SMILES string of the molecule is c1ccc(-c2ccc3c4c(cccc24)-c2cc(-c4ccc5c(-c6c7ccccc7cc7c6ccc6ccccc67)cccc5c4)ccc2O3)cc1. The fourth-order valence-electron chi connectivity index (χ4n) is 8.47. The molecule has 1 aliphatic rings. The van der Waals surface area contributed by atoms with E-state index in [1.165, 1.54) is 92.8 Å². The van der Waals surface area contributed by atoms with Crippen LogP contribution in [0.3, 0.4) is 0 Å². The first-order valence-corrected chi connectivity index (χ1v) is 17.6. The van der Waals surface area contributed by atoms with Gasteiger partial charge in [-0.3, -0.25) is 0 Å². The molecule has 0 atom stereocenters. The van der Waals surface area contributed by atoms with E-state index in [1.54, 1.807) is 0 Å². The topological polar surface area (TPSA) is 9.23 Å². The lowest BCUT2D eigenvalue weighted by Crippen LogP contribution is -1.98. The first kappa shape index (κ1) is 28.2. The molecule has 0 fully saturated rings. The first-order chi connectivity index (χ1) is 25.3. The van der Waals surface area contributed by atoms with Gasteiger partial charge in [0.05, 0.1) is 0 Å². The fourth-order valence-corrected chi connectivity index (χ4v) is 8.47. The molecule has 0 aliphatic carbocycles. The Kier molecular flexibility index (Phi) is 6.02. The van der Waals surface area contributed by atoms with Gasteiger partial charge in [0.25, 0.3) is 0 Å². The molecule has 1 nitrogen and oxygen atoms in total. The fraction of sp³-hybridized carbons (Fsp3) is 0. The van der Waals surface area contributed by atoms with Crippen molar-refractivity contribution in [3.05, 3.63) is 182 Å². The summed E-state index contributed by atoms with van der Waals surface area (Å²) in [5.41, 5.74) is 9.67. The van der Waals surface area contributed by atoms with Crippen molar-refractivity contribution in [2.45, 2.75) is 0 Å². The van der Waals surface area contributed by atoms with Crippen LogP contribution in [0.5, 0.6) is 11.5 Å². The van der Waals surface area contributed by atoms with Crippen molar-refractivity contribution in [2.75, 3.05) is 0 Å². The molecule has 236 valence electrons. The van der Waals surface area contributed by atoms with Gasteiger partial charge in [0.2, 0.25) is 0 Å². The zero-order chi connectivity index (χ0) is 33.5. The van der Waals surface area contributed by atoms with Crippen molar-refractivity contribution in [1.82, 2.24) is 0 Å². The quantitative estimate of drug-likeness (QED) is 0.137. The maximum atomic E-state index is 6.56. The molecule has 10 aromatic rings. The Balaban J connectivity index is 1.07. The summed E-state index contributed by atoms with van der Waals surface area (Å²) >= 11 is 0. The van der Waals surface area contributed by atoms with Gasteiger partial charge in [0.15, 0.2) is 0 Å². The summed E-state index contributed by atoms with van der Waals surface area (Å²) in [4.78, 5) is 0. The maximum Gasteiger partial charge on any atom is 0.135 e. The molecular formula is C50H30O. The van der Waals surface area contributed by atoms with E-state index in [2.05, 4.69) is 182 Å². The summed E-state index contributed by atoms with van der Waals surface area (Å²) in [5.74, 6) is 1.80. The van der Waals surface area contributed by atoms with Crippen LogP contribution in [0, 0.1) is 0 Å². The average Bonchev–Trinajstić information content (AvgIpc) is 3.20. The molecule has 0 amide bonds. The summed E-state index contributed by atoms with van der Waals surface area (Å²) in [6, 6.07) is 66.3. The van der Waals surface area contributed by atoms with Crippen LogP contribution < -0.4 is 4.74 Å². The predicted molar refractivity (Wildman–Crippen MR) is 216 cm³/mol. The molecule has 0 N–H and O–H groups in total. The third kappa shape index (κ3) is 4.28. The Hall–Kier alpha value is -6.70. The van der Waals surface area contributed by atoms with Gasteiger partial charge in [0, 0.05) is 10.9 Å². The van der Waals surface area contributed by atoms with Crippen LogP contribution in [0.15, 0.2) is 182 Å². The highest BCUT2D eigenvalue weighted by molar-refractivity contribution is 6.22. The second-order valence-corrected chi connectivity index (χ2v) is 13.6. The smallest absolute Gasteiger partial charge is 0.135 e. The number of rotatable bonds is 3. The van der Waals surface area contributed by atoms with Gasteiger partial charge in [-0.1, -0.05) is 152 Å². The van der Waals surface area contributed by atoms with Crippen LogP contribution in [-0.2, 0) is 0 Å². The van der Waals surface area contributed by atoms with E-state index in [1.807, 2.05) is 0 Å². The predicted octanol–water partition coefficient (Wildman–Crippen LogP) is 14.2. The standard InChI is InChI=1S/C50H30O/c1-2-10-31(11-3-1)38-25-27-48-50-42(38)18-9-19-43(50)46-29-34(22-26-47(46)51-48)33-21-23-39-35(28-33)14-8-17-41(39)49-40-16-7-5-13-36(40)30-45-37-15-6-4-12-32(37)20-24-44(45)49/h1-30H. The van der Waals surface area contributed by atoms with E-state index >= 15 is 0 Å². The summed E-state index contributed by atoms with van der Waals surface area (Å²) < 4.78 is 6.56. The normalized spacial score (nSPS) is 12.1. The van der Waals surface area contributed by atoms with Crippen LogP contribution in [0.25, 0.3) is 98.4 Å². The molecule has 0 bridgehead atoms. The van der Waals surface area contributed by atoms with E-state index in [-0.39, 0.29) is 0 Å². The van der Waals surface area contributed by atoms with Crippen molar-refractivity contribution in [3.63, 3.8) is 0 Å². The first-order valence-electron chi connectivity index (χ1n) is 17.6. The highest BCUT2D eigenvalue weighted by Gasteiger charge is 2.22. The molecule has 0 radical (unpaired) electrons. The van der Waals surface area contributed by atoms with Crippen LogP contribution in [0.2, 0.25) is 0 Å². The van der Waals surface area contributed by atoms with Crippen LogP contribution in [0.4, 0.5) is 0 Å². The average molecular weight is 647 g/mol. The molecule has 1 aliphatic heterocycles. The van der Waals surface area contributed by atoms with Gasteiger partial charge in [-0.15, -0.1) is 0 Å². The second-order valence-electron chi connectivity index (χ2n) is 13.6. The molecule has 51 heavy (non-hydrogen) atoms. The number of ether oxygens (including phenoxy) is 1. The highest BCUT2D eigenvalue weighted by Crippen LogP contribution is 2.50. The summed E-state index contributed by atoms with van der Waals surface area (Å²) in [6.07, 6.45) is 0. The summed E-state index contributed by atoms with van der Waals surface area (Å²) in [7, 11) is 0. The van der Waals surface area contributed by atoms with Crippen molar-refractivity contribution in [1.29, 1.82) is 0 Å². The summed E-state index contributed by atoms with van der Waals surface area (Å²) in [5, 5.41) is 12.5. The van der Waals surface area contributed by atoms with Crippen LogP contribution in [-0.4, -0.2) is 0 Å². The number of hydrogen-bond donors (Lipinski definition) is 0.